The van der Waals surface area contributed by atoms with E-state index in [1.54, 1.807) is 0 Å². The third-order valence-electron chi connectivity index (χ3n) is 8.02. The molecule has 0 heterocycles. The number of unbranched alkanes of at least 4 members (excludes halogenated alkanes) is 15. The Kier molecular flexibility index (Phi) is 36.2. The van der Waals surface area contributed by atoms with Gasteiger partial charge in [-0.3, -0.25) is 18.6 Å². The Balaban J connectivity index is 4.31. The van der Waals surface area contributed by atoms with Crippen molar-refractivity contribution >= 4 is 19.8 Å². The highest BCUT2D eigenvalue weighted by atomic mass is 31.2. The number of rotatable bonds is 37. The molecule has 10 nitrogen and oxygen atoms in total. The number of aliphatic hydroxyl groups is 1. The van der Waals surface area contributed by atoms with Gasteiger partial charge in [0.25, 0.3) is 0 Å². The highest BCUT2D eigenvalue weighted by Crippen LogP contribution is 2.43. The number of hydrogen-bond acceptors (Lipinski definition) is 9. The molecule has 11 heteroatoms. The molecule has 0 rings (SSSR count). The van der Waals surface area contributed by atoms with Crippen LogP contribution in [0.25, 0.3) is 0 Å². The van der Waals surface area contributed by atoms with E-state index in [-0.39, 0.29) is 39.2 Å². The molecule has 51 heavy (non-hydrogen) atoms. The molecular weight excluding hydrogens is 669 g/mol. The van der Waals surface area contributed by atoms with Gasteiger partial charge in [-0.2, -0.15) is 0 Å². The van der Waals surface area contributed by atoms with Gasteiger partial charge in [0.1, 0.15) is 6.61 Å². The summed E-state index contributed by atoms with van der Waals surface area (Å²) in [6, 6.07) is 0. The molecule has 0 spiro atoms. The Hall–Kier alpha value is -2.07. The van der Waals surface area contributed by atoms with Crippen LogP contribution in [0.2, 0.25) is 0 Å². The van der Waals surface area contributed by atoms with Gasteiger partial charge in [0.15, 0.2) is 6.10 Å². The lowest BCUT2D eigenvalue weighted by atomic mass is 10.0. The van der Waals surface area contributed by atoms with E-state index in [9.17, 15) is 19.0 Å². The number of carbonyl (C=O) groups is 2. The normalized spacial score (nSPS) is 13.9. The predicted octanol–water partition coefficient (Wildman–Crippen LogP) is 9.74. The quantitative estimate of drug-likeness (QED) is 0.0243. The molecule has 0 amide bonds. The maximum Gasteiger partial charge on any atom is 0.472 e. The summed E-state index contributed by atoms with van der Waals surface area (Å²) in [5, 5.41) is 8.78. The minimum Gasteiger partial charge on any atom is -0.462 e. The van der Waals surface area contributed by atoms with Crippen LogP contribution in [-0.2, 0) is 32.7 Å². The summed E-state index contributed by atoms with van der Waals surface area (Å²) in [7, 11) is -4.39. The molecule has 0 aliphatic carbocycles. The second-order valence-electron chi connectivity index (χ2n) is 12.9. The summed E-state index contributed by atoms with van der Waals surface area (Å²) in [6.07, 6.45) is 38.7. The number of aliphatic hydroxyl groups excluding tert-OH is 1. The fourth-order valence-electron chi connectivity index (χ4n) is 5.08. The third-order valence-corrected chi connectivity index (χ3v) is 9.01. The molecule has 0 aromatic heterocycles. The smallest absolute Gasteiger partial charge is 0.462 e. The van der Waals surface area contributed by atoms with Crippen LogP contribution in [0.5, 0.6) is 0 Å². The van der Waals surface area contributed by atoms with E-state index in [0.717, 1.165) is 64.2 Å². The van der Waals surface area contributed by atoms with Gasteiger partial charge in [-0.25, -0.2) is 4.57 Å². The van der Waals surface area contributed by atoms with Gasteiger partial charge in [0, 0.05) is 26.0 Å². The molecule has 0 saturated heterocycles. The van der Waals surface area contributed by atoms with Crippen molar-refractivity contribution in [1.29, 1.82) is 0 Å². The van der Waals surface area contributed by atoms with E-state index in [0.29, 0.717) is 12.8 Å². The van der Waals surface area contributed by atoms with Gasteiger partial charge in [0.05, 0.1) is 13.2 Å². The van der Waals surface area contributed by atoms with Crippen molar-refractivity contribution in [2.45, 2.75) is 161 Å². The summed E-state index contributed by atoms with van der Waals surface area (Å²) in [5.74, 6) is -0.910. The molecule has 0 aromatic carbocycles. The first-order chi connectivity index (χ1) is 24.8. The summed E-state index contributed by atoms with van der Waals surface area (Å²) >= 11 is 0. The summed E-state index contributed by atoms with van der Waals surface area (Å²) in [6.45, 7) is 1.65. The van der Waals surface area contributed by atoms with Crippen molar-refractivity contribution in [2.75, 3.05) is 33.0 Å². The molecule has 0 aromatic rings. The van der Waals surface area contributed by atoms with E-state index in [2.05, 4.69) is 49.5 Å². The van der Waals surface area contributed by atoms with Crippen LogP contribution in [0.4, 0.5) is 0 Å². The Morgan fingerprint density at radius 2 is 1.12 bits per heavy atom. The molecule has 0 aliphatic rings. The minimum absolute atomic E-state index is 0.0394. The Morgan fingerprint density at radius 3 is 1.67 bits per heavy atom. The monoisotopic (exact) mass is 741 g/mol. The largest absolute Gasteiger partial charge is 0.472 e. The van der Waals surface area contributed by atoms with Gasteiger partial charge in [-0.15, -0.1) is 0 Å². The van der Waals surface area contributed by atoms with Gasteiger partial charge in [-0.1, -0.05) is 133 Å². The van der Waals surface area contributed by atoms with Crippen molar-refractivity contribution in [1.82, 2.24) is 0 Å². The van der Waals surface area contributed by atoms with Crippen LogP contribution in [0.3, 0.4) is 0 Å². The average Bonchev–Trinajstić information content (AvgIpc) is 3.11. The highest BCUT2D eigenvalue weighted by Gasteiger charge is 2.25. The molecule has 0 bridgehead atoms. The summed E-state index contributed by atoms with van der Waals surface area (Å²) in [4.78, 5) is 34.7. The Labute approximate surface area is 309 Å². The van der Waals surface area contributed by atoms with Crippen LogP contribution in [0.15, 0.2) is 48.6 Å². The van der Waals surface area contributed by atoms with E-state index in [1.165, 1.54) is 57.8 Å². The lowest BCUT2D eigenvalue weighted by molar-refractivity contribution is -0.161. The van der Waals surface area contributed by atoms with Crippen molar-refractivity contribution in [3.8, 4) is 0 Å². The van der Waals surface area contributed by atoms with Gasteiger partial charge in [-0.05, 0) is 57.8 Å². The number of hydrogen-bond donors (Lipinski definition) is 3. The van der Waals surface area contributed by atoms with Crippen molar-refractivity contribution < 1.29 is 42.7 Å². The standard InChI is InChI=1S/C40H72NO9P/c1-2-3-4-5-6-7-8-16-19-22-25-28-31-39(43)47-36-38(37-49-51(45,46)48-35-33-41)50-40(44)32-29-26-23-20-17-14-12-10-9-11-13-15-18-21-24-27-30-34-42/h9,11-12,14-15,18,20,23,38,42H,2-8,10,13,16-17,19,21-22,24-37,41H2,1H3,(H,45,46)/b11-9-,14-12-,18-15-,23-20-/t38-/m1/s1. The van der Waals surface area contributed by atoms with Gasteiger partial charge >= 0.3 is 19.8 Å². The fraction of sp³-hybridized carbons (Fsp3) is 0.750. The van der Waals surface area contributed by atoms with Crippen LogP contribution in [0, 0.1) is 0 Å². The molecule has 0 aliphatic heterocycles. The number of ether oxygens (including phenoxy) is 2. The zero-order valence-corrected chi connectivity index (χ0v) is 32.7. The molecule has 0 saturated carbocycles. The van der Waals surface area contributed by atoms with E-state index >= 15 is 0 Å². The van der Waals surface area contributed by atoms with Crippen molar-refractivity contribution in [3.05, 3.63) is 48.6 Å². The number of phosphoric ester groups is 1. The maximum absolute atomic E-state index is 12.5. The first-order valence-electron chi connectivity index (χ1n) is 19.7. The lowest BCUT2D eigenvalue weighted by Gasteiger charge is -2.19. The number of phosphoric acid groups is 1. The van der Waals surface area contributed by atoms with Crippen molar-refractivity contribution in [2.24, 2.45) is 5.73 Å². The first kappa shape index (κ1) is 48.9. The molecule has 2 atom stereocenters. The fourth-order valence-corrected chi connectivity index (χ4v) is 5.84. The summed E-state index contributed by atoms with van der Waals surface area (Å²) < 4.78 is 32.6. The minimum atomic E-state index is -4.39. The van der Waals surface area contributed by atoms with Crippen LogP contribution < -0.4 is 5.73 Å². The zero-order chi connectivity index (χ0) is 37.5. The Morgan fingerprint density at radius 1 is 0.627 bits per heavy atom. The van der Waals surface area contributed by atoms with Crippen molar-refractivity contribution in [3.63, 3.8) is 0 Å². The third kappa shape index (κ3) is 37.5. The SMILES string of the molecule is CCCCCCCCCCCCCCC(=O)OC[C@H](COP(=O)(O)OCCN)OC(=O)CCC/C=C\C/C=C\C/C=C\C/C=C\CCCCCO. The van der Waals surface area contributed by atoms with E-state index in [1.807, 2.05) is 6.08 Å². The number of esters is 2. The molecule has 0 radical (unpaired) electrons. The first-order valence-corrected chi connectivity index (χ1v) is 21.2. The second-order valence-corrected chi connectivity index (χ2v) is 14.3. The number of carbonyl (C=O) groups excluding carboxylic acids is 2. The zero-order valence-electron chi connectivity index (χ0n) is 31.8. The molecule has 4 N–H and O–H groups in total. The maximum atomic E-state index is 12.5. The lowest BCUT2D eigenvalue weighted by Crippen LogP contribution is -2.29. The molecule has 296 valence electrons. The molecule has 0 fully saturated rings. The molecular formula is C40H72NO9P. The number of nitrogens with two attached hydrogens (primary N) is 1. The van der Waals surface area contributed by atoms with Gasteiger partial charge < -0.3 is 25.2 Å². The van der Waals surface area contributed by atoms with E-state index < -0.39 is 32.5 Å². The van der Waals surface area contributed by atoms with Crippen LogP contribution in [-0.4, -0.2) is 61.0 Å². The topological polar surface area (TPSA) is 155 Å². The van der Waals surface area contributed by atoms with Crippen LogP contribution >= 0.6 is 7.82 Å². The van der Waals surface area contributed by atoms with E-state index in [4.69, 9.17) is 29.4 Å². The summed E-state index contributed by atoms with van der Waals surface area (Å²) in [5.41, 5.74) is 5.33. The predicted molar refractivity (Wildman–Crippen MR) is 207 cm³/mol. The second kappa shape index (κ2) is 37.7. The Bertz CT molecular complexity index is 983. The van der Waals surface area contributed by atoms with Crippen LogP contribution in [0.1, 0.15) is 155 Å². The highest BCUT2D eigenvalue weighted by molar-refractivity contribution is 7.47. The average molecular weight is 742 g/mol. The molecule has 1 unspecified atom stereocenters. The number of allylic oxidation sites excluding steroid dienone is 8. The van der Waals surface area contributed by atoms with Gasteiger partial charge in [0.2, 0.25) is 0 Å².